The van der Waals surface area contributed by atoms with Gasteiger partial charge in [-0.25, -0.2) is 9.55 Å². The fraction of sp³-hybridized carbons (Fsp3) is 0.0588. The van der Waals surface area contributed by atoms with Gasteiger partial charge in [0, 0.05) is 10.8 Å². The van der Waals surface area contributed by atoms with Crippen molar-refractivity contribution in [2.45, 2.75) is 0 Å². The van der Waals surface area contributed by atoms with Gasteiger partial charge in [-0.1, -0.05) is 18.2 Å². The summed E-state index contributed by atoms with van der Waals surface area (Å²) < 4.78 is 2.16. The number of nitriles is 1. The third-order valence-electron chi connectivity index (χ3n) is 3.88. The fourth-order valence-corrected chi connectivity index (χ4v) is 2.87. The summed E-state index contributed by atoms with van der Waals surface area (Å²) in [6.45, 7) is 0. The lowest BCUT2D eigenvalue weighted by Gasteiger charge is -2.00. The summed E-state index contributed by atoms with van der Waals surface area (Å²) in [7, 11) is 2.06. The topological polar surface area (TPSA) is 43.5 Å². The van der Waals surface area contributed by atoms with Gasteiger partial charge in [0.25, 0.3) is 5.65 Å². The predicted octanol–water partition coefficient (Wildman–Crippen LogP) is 3.17. The molecule has 0 unspecified atom stereocenters. The van der Waals surface area contributed by atoms with Gasteiger partial charge >= 0.3 is 0 Å². The number of nitrogens with zero attached hydrogens (tertiary/aromatic N) is 2. The molecule has 3 nitrogen and oxygen atoms in total. The summed E-state index contributed by atoms with van der Waals surface area (Å²) in [5.41, 5.74) is 4.01. The number of para-hydroxylation sites is 1. The maximum absolute atomic E-state index is 9.07. The van der Waals surface area contributed by atoms with Crippen LogP contribution in [0, 0.1) is 11.3 Å². The van der Waals surface area contributed by atoms with Crippen LogP contribution in [0.1, 0.15) is 5.56 Å². The van der Waals surface area contributed by atoms with Gasteiger partial charge in [-0.3, -0.25) is 0 Å². The van der Waals surface area contributed by atoms with E-state index in [0.29, 0.717) is 5.56 Å². The van der Waals surface area contributed by atoms with E-state index in [-0.39, 0.29) is 0 Å². The molecule has 0 amide bonds. The highest BCUT2D eigenvalue weighted by Crippen LogP contribution is 2.26. The molecule has 2 heterocycles. The van der Waals surface area contributed by atoms with E-state index in [1.54, 1.807) is 0 Å². The molecule has 0 aliphatic rings. The second kappa shape index (κ2) is 3.82. The Kier molecular flexibility index (Phi) is 2.10. The number of benzene rings is 2. The minimum absolute atomic E-state index is 0.689. The Morgan fingerprint density at radius 3 is 2.75 bits per heavy atom. The van der Waals surface area contributed by atoms with Crippen molar-refractivity contribution in [3.05, 3.63) is 54.1 Å². The average Bonchev–Trinajstić information content (AvgIpc) is 2.86. The van der Waals surface area contributed by atoms with Crippen molar-refractivity contribution in [2.75, 3.05) is 0 Å². The Morgan fingerprint density at radius 1 is 1.05 bits per heavy atom. The molecular weight excluding hydrogens is 246 g/mol. The standard InChI is InChI=1S/C17H11N3/c1-20-16-5-3-2-4-12(16)9-14-13-8-11(10-18)6-7-15(13)19-17(14)20/h2-9H,1H3/p+1. The first kappa shape index (κ1) is 11.0. The van der Waals surface area contributed by atoms with E-state index in [0.717, 1.165) is 21.9 Å². The fourth-order valence-electron chi connectivity index (χ4n) is 2.87. The highest BCUT2D eigenvalue weighted by atomic mass is 15.0. The summed E-state index contributed by atoms with van der Waals surface area (Å²) in [5.74, 6) is 0. The molecule has 0 fully saturated rings. The highest BCUT2D eigenvalue weighted by molar-refractivity contribution is 6.07. The minimum atomic E-state index is 0.689. The van der Waals surface area contributed by atoms with E-state index >= 15 is 0 Å². The lowest BCUT2D eigenvalue weighted by molar-refractivity contribution is -0.619. The van der Waals surface area contributed by atoms with Crippen molar-refractivity contribution in [3.8, 4) is 6.07 Å². The van der Waals surface area contributed by atoms with Gasteiger partial charge in [-0.05, 0) is 30.3 Å². The smallest absolute Gasteiger partial charge is 0.240 e. The van der Waals surface area contributed by atoms with E-state index < -0.39 is 0 Å². The van der Waals surface area contributed by atoms with Gasteiger partial charge in [0.1, 0.15) is 11.0 Å². The molecule has 0 bridgehead atoms. The molecule has 2 aromatic carbocycles. The molecule has 20 heavy (non-hydrogen) atoms. The lowest BCUT2D eigenvalue weighted by atomic mass is 10.1. The molecule has 1 N–H and O–H groups in total. The molecule has 0 saturated carbocycles. The quantitative estimate of drug-likeness (QED) is 0.484. The van der Waals surface area contributed by atoms with Crippen molar-refractivity contribution >= 4 is 32.8 Å². The first-order chi connectivity index (χ1) is 9.78. The molecule has 2 aromatic heterocycles. The van der Waals surface area contributed by atoms with E-state index in [4.69, 9.17) is 5.26 Å². The Hall–Kier alpha value is -2.86. The number of fused-ring (bicyclic) bond motifs is 4. The van der Waals surface area contributed by atoms with Gasteiger partial charge in [0.2, 0.25) is 0 Å². The van der Waals surface area contributed by atoms with E-state index in [9.17, 15) is 0 Å². The SMILES string of the molecule is C[n+]1c2ccccc2cc2c3cc(C#N)ccc3[nH]c21. The summed E-state index contributed by atoms with van der Waals surface area (Å²) in [6.07, 6.45) is 0. The molecule has 4 rings (SSSR count). The van der Waals surface area contributed by atoms with Crippen LogP contribution in [-0.4, -0.2) is 4.98 Å². The number of aromatic nitrogens is 2. The zero-order valence-corrected chi connectivity index (χ0v) is 11.0. The Balaban J connectivity index is 2.26. The molecule has 0 aliphatic carbocycles. The van der Waals surface area contributed by atoms with Crippen LogP contribution < -0.4 is 4.57 Å². The van der Waals surface area contributed by atoms with E-state index in [2.05, 4.69) is 40.9 Å². The minimum Gasteiger partial charge on any atom is -0.240 e. The molecule has 0 aliphatic heterocycles. The Bertz CT molecular complexity index is 1020. The van der Waals surface area contributed by atoms with Crippen LogP contribution in [0.25, 0.3) is 32.8 Å². The first-order valence-corrected chi connectivity index (χ1v) is 6.51. The van der Waals surface area contributed by atoms with Crippen LogP contribution >= 0.6 is 0 Å². The van der Waals surface area contributed by atoms with Gasteiger partial charge in [-0.2, -0.15) is 5.26 Å². The largest absolute Gasteiger partial charge is 0.287 e. The van der Waals surface area contributed by atoms with Crippen molar-refractivity contribution in [3.63, 3.8) is 0 Å². The Labute approximate surface area is 115 Å². The number of rotatable bonds is 0. The second-order valence-corrected chi connectivity index (χ2v) is 5.02. The van der Waals surface area contributed by atoms with Gasteiger partial charge in [0.05, 0.1) is 24.1 Å². The third-order valence-corrected chi connectivity index (χ3v) is 3.88. The van der Waals surface area contributed by atoms with Crippen molar-refractivity contribution in [1.29, 1.82) is 5.26 Å². The molecule has 0 atom stereocenters. The molecule has 3 heteroatoms. The lowest BCUT2D eigenvalue weighted by Crippen LogP contribution is -2.30. The van der Waals surface area contributed by atoms with E-state index in [1.165, 1.54) is 10.9 Å². The summed E-state index contributed by atoms with van der Waals surface area (Å²) in [5, 5.41) is 12.5. The zero-order chi connectivity index (χ0) is 13.7. The van der Waals surface area contributed by atoms with Crippen LogP contribution in [0.5, 0.6) is 0 Å². The number of nitrogens with one attached hydrogen (secondary N) is 1. The van der Waals surface area contributed by atoms with Crippen LogP contribution in [0.4, 0.5) is 0 Å². The number of hydrogen-bond acceptors (Lipinski definition) is 1. The zero-order valence-electron chi connectivity index (χ0n) is 11.0. The number of hydrogen-bond donors (Lipinski definition) is 1. The predicted molar refractivity (Wildman–Crippen MR) is 79.2 cm³/mol. The maximum Gasteiger partial charge on any atom is 0.287 e. The van der Waals surface area contributed by atoms with Crippen LogP contribution in [0.15, 0.2) is 48.5 Å². The van der Waals surface area contributed by atoms with Gasteiger partial charge in [0.15, 0.2) is 0 Å². The Morgan fingerprint density at radius 2 is 1.90 bits per heavy atom. The van der Waals surface area contributed by atoms with Crippen molar-refractivity contribution < 1.29 is 4.57 Å². The molecule has 0 spiro atoms. The van der Waals surface area contributed by atoms with Crippen LogP contribution in [-0.2, 0) is 7.05 Å². The van der Waals surface area contributed by atoms with E-state index in [1.807, 2.05) is 30.3 Å². The summed E-state index contributed by atoms with van der Waals surface area (Å²) in [4.78, 5) is 3.44. The summed E-state index contributed by atoms with van der Waals surface area (Å²) >= 11 is 0. The monoisotopic (exact) mass is 258 g/mol. The maximum atomic E-state index is 9.07. The number of aryl methyl sites for hydroxylation is 1. The average molecular weight is 258 g/mol. The highest BCUT2D eigenvalue weighted by Gasteiger charge is 2.15. The number of H-pyrrole nitrogens is 1. The molecule has 4 aromatic rings. The summed E-state index contributed by atoms with van der Waals surface area (Å²) in [6, 6.07) is 18.5. The van der Waals surface area contributed by atoms with Crippen LogP contribution in [0.2, 0.25) is 0 Å². The normalized spacial score (nSPS) is 11.2. The number of pyridine rings is 1. The first-order valence-electron chi connectivity index (χ1n) is 6.51. The molecule has 94 valence electrons. The molecular formula is C17H12N3+. The van der Waals surface area contributed by atoms with Gasteiger partial charge < -0.3 is 0 Å². The number of aromatic amines is 1. The van der Waals surface area contributed by atoms with Gasteiger partial charge in [-0.15, -0.1) is 0 Å². The van der Waals surface area contributed by atoms with Crippen molar-refractivity contribution in [2.24, 2.45) is 7.05 Å². The van der Waals surface area contributed by atoms with Crippen LogP contribution in [0.3, 0.4) is 0 Å². The second-order valence-electron chi connectivity index (χ2n) is 5.02. The molecule has 0 saturated heterocycles. The van der Waals surface area contributed by atoms with Crippen molar-refractivity contribution in [1.82, 2.24) is 4.98 Å². The molecule has 0 radical (unpaired) electrons. The third kappa shape index (κ3) is 1.36.